The smallest absolute Gasteiger partial charge is 0.226 e. The van der Waals surface area contributed by atoms with E-state index in [1.807, 2.05) is 0 Å². The third kappa shape index (κ3) is 2.27. The molecular formula is C12H15NO3. The van der Waals surface area contributed by atoms with Crippen molar-refractivity contribution in [3.05, 3.63) is 46.0 Å². The summed E-state index contributed by atoms with van der Waals surface area (Å²) in [7, 11) is 0. The quantitative estimate of drug-likeness (QED) is 0.446. The Morgan fingerprint density at radius 1 is 1.31 bits per heavy atom. The Hall–Kier alpha value is -1.71. The topological polar surface area (TPSA) is 60.2 Å². The monoisotopic (exact) mass is 221 g/mol. The van der Waals surface area contributed by atoms with Crippen molar-refractivity contribution in [3.63, 3.8) is 0 Å². The van der Waals surface area contributed by atoms with Crippen molar-refractivity contribution in [1.29, 1.82) is 0 Å². The standard InChI is InChI=1S/C12H15NO3/c1-9(12(2,3)13(15)16)11(14)10-7-5-4-6-8-10/h4-9H,1-3H3. The number of rotatable bonds is 4. The molecule has 1 aromatic carbocycles. The molecule has 0 amide bonds. The van der Waals surface area contributed by atoms with Crippen molar-refractivity contribution in [3.8, 4) is 0 Å². The number of carbonyl (C=O) groups is 1. The SMILES string of the molecule is CC(C(=O)c1ccccc1)C(C)(C)[N+](=O)[O-]. The van der Waals surface area contributed by atoms with Gasteiger partial charge in [-0.05, 0) is 6.92 Å². The largest absolute Gasteiger partial charge is 0.294 e. The van der Waals surface area contributed by atoms with Gasteiger partial charge in [0.25, 0.3) is 0 Å². The van der Waals surface area contributed by atoms with E-state index < -0.39 is 16.4 Å². The lowest BCUT2D eigenvalue weighted by Crippen LogP contribution is -2.42. The molecule has 1 atom stereocenters. The molecule has 16 heavy (non-hydrogen) atoms. The van der Waals surface area contributed by atoms with E-state index in [0.29, 0.717) is 5.56 Å². The minimum atomic E-state index is -1.24. The highest BCUT2D eigenvalue weighted by atomic mass is 16.6. The summed E-state index contributed by atoms with van der Waals surface area (Å²) in [6.07, 6.45) is 0. The highest BCUT2D eigenvalue weighted by molar-refractivity contribution is 5.98. The predicted octanol–water partition coefficient (Wildman–Crippen LogP) is 2.56. The second-order valence-corrected chi connectivity index (χ2v) is 4.36. The van der Waals surface area contributed by atoms with E-state index in [9.17, 15) is 14.9 Å². The van der Waals surface area contributed by atoms with Gasteiger partial charge in [-0.1, -0.05) is 30.3 Å². The molecule has 0 aliphatic heterocycles. The highest BCUT2D eigenvalue weighted by Crippen LogP contribution is 2.23. The fraction of sp³-hybridized carbons (Fsp3) is 0.417. The van der Waals surface area contributed by atoms with Crippen LogP contribution in [-0.4, -0.2) is 16.2 Å². The van der Waals surface area contributed by atoms with Crippen LogP contribution >= 0.6 is 0 Å². The number of nitro groups is 1. The molecule has 0 spiro atoms. The Balaban J connectivity index is 2.96. The van der Waals surface area contributed by atoms with Gasteiger partial charge in [-0.2, -0.15) is 0 Å². The Bertz CT molecular complexity index is 398. The molecule has 4 nitrogen and oxygen atoms in total. The average molecular weight is 221 g/mol. The van der Waals surface area contributed by atoms with Crippen LogP contribution in [0.25, 0.3) is 0 Å². The van der Waals surface area contributed by atoms with Crippen LogP contribution in [0.4, 0.5) is 0 Å². The molecule has 0 saturated heterocycles. The van der Waals surface area contributed by atoms with Crippen LogP contribution in [0, 0.1) is 16.0 Å². The number of benzene rings is 1. The fourth-order valence-electron chi connectivity index (χ4n) is 1.33. The molecule has 1 unspecified atom stereocenters. The first kappa shape index (κ1) is 12.4. The molecule has 0 fully saturated rings. The lowest BCUT2D eigenvalue weighted by Gasteiger charge is -2.22. The first-order valence-electron chi connectivity index (χ1n) is 5.11. The Morgan fingerprint density at radius 3 is 2.25 bits per heavy atom. The summed E-state index contributed by atoms with van der Waals surface area (Å²) in [4.78, 5) is 22.4. The molecule has 0 aliphatic rings. The number of hydrogen-bond donors (Lipinski definition) is 0. The Kier molecular flexibility index (Phi) is 3.42. The summed E-state index contributed by atoms with van der Waals surface area (Å²) >= 11 is 0. The Labute approximate surface area is 94.4 Å². The molecule has 0 N–H and O–H groups in total. The van der Waals surface area contributed by atoms with Crippen LogP contribution in [0.5, 0.6) is 0 Å². The van der Waals surface area contributed by atoms with Crippen molar-refractivity contribution >= 4 is 5.78 Å². The molecule has 0 aromatic heterocycles. The lowest BCUT2D eigenvalue weighted by molar-refractivity contribution is -0.566. The van der Waals surface area contributed by atoms with E-state index in [1.165, 1.54) is 13.8 Å². The summed E-state index contributed by atoms with van der Waals surface area (Å²) in [6.45, 7) is 4.54. The van der Waals surface area contributed by atoms with Gasteiger partial charge in [0.15, 0.2) is 5.78 Å². The van der Waals surface area contributed by atoms with Gasteiger partial charge in [-0.15, -0.1) is 0 Å². The zero-order chi connectivity index (χ0) is 12.3. The first-order valence-corrected chi connectivity index (χ1v) is 5.11. The zero-order valence-electron chi connectivity index (χ0n) is 9.64. The summed E-state index contributed by atoms with van der Waals surface area (Å²) in [5, 5.41) is 10.9. The molecule has 0 bridgehead atoms. The van der Waals surface area contributed by atoms with Crippen molar-refractivity contribution < 1.29 is 9.72 Å². The predicted molar refractivity (Wildman–Crippen MR) is 61.0 cm³/mol. The normalized spacial score (nSPS) is 13.2. The van der Waals surface area contributed by atoms with Gasteiger partial charge in [0.2, 0.25) is 5.54 Å². The zero-order valence-corrected chi connectivity index (χ0v) is 9.64. The molecule has 0 saturated carbocycles. The Morgan fingerprint density at radius 2 is 1.81 bits per heavy atom. The summed E-state index contributed by atoms with van der Waals surface area (Å²) in [5.74, 6) is -0.841. The summed E-state index contributed by atoms with van der Waals surface area (Å²) < 4.78 is 0. The number of hydrogen-bond acceptors (Lipinski definition) is 3. The van der Waals surface area contributed by atoms with Gasteiger partial charge < -0.3 is 0 Å². The highest BCUT2D eigenvalue weighted by Gasteiger charge is 2.42. The van der Waals surface area contributed by atoms with Gasteiger partial charge in [0.1, 0.15) is 0 Å². The van der Waals surface area contributed by atoms with E-state index in [-0.39, 0.29) is 5.78 Å². The number of carbonyl (C=O) groups excluding carboxylic acids is 1. The lowest BCUT2D eigenvalue weighted by atomic mass is 9.84. The summed E-state index contributed by atoms with van der Waals surface area (Å²) in [5.41, 5.74) is -0.725. The third-order valence-electron chi connectivity index (χ3n) is 2.98. The van der Waals surface area contributed by atoms with Crippen LogP contribution < -0.4 is 0 Å². The molecule has 0 aliphatic carbocycles. The summed E-state index contributed by atoms with van der Waals surface area (Å²) in [6, 6.07) is 8.65. The second kappa shape index (κ2) is 4.43. The van der Waals surface area contributed by atoms with Gasteiger partial charge in [-0.25, -0.2) is 0 Å². The molecule has 4 heteroatoms. The molecule has 1 aromatic rings. The number of Topliss-reactive ketones (excluding diaryl/α,β-unsaturated/α-hetero) is 1. The van der Waals surface area contributed by atoms with Crippen LogP contribution in [0.15, 0.2) is 30.3 Å². The van der Waals surface area contributed by atoms with E-state index in [4.69, 9.17) is 0 Å². The van der Waals surface area contributed by atoms with Gasteiger partial charge >= 0.3 is 0 Å². The van der Waals surface area contributed by atoms with Gasteiger partial charge in [0, 0.05) is 24.3 Å². The van der Waals surface area contributed by atoms with Crippen LogP contribution in [0.3, 0.4) is 0 Å². The maximum Gasteiger partial charge on any atom is 0.226 e. The fourth-order valence-corrected chi connectivity index (χ4v) is 1.33. The minimum Gasteiger partial charge on any atom is -0.294 e. The van der Waals surface area contributed by atoms with Crippen LogP contribution in [0.1, 0.15) is 31.1 Å². The van der Waals surface area contributed by atoms with E-state index in [0.717, 1.165) is 0 Å². The van der Waals surface area contributed by atoms with Crippen molar-refractivity contribution in [2.75, 3.05) is 0 Å². The van der Waals surface area contributed by atoms with Gasteiger partial charge in [-0.3, -0.25) is 14.9 Å². The van der Waals surface area contributed by atoms with E-state index >= 15 is 0 Å². The number of nitrogens with zero attached hydrogens (tertiary/aromatic N) is 1. The van der Waals surface area contributed by atoms with E-state index in [2.05, 4.69) is 0 Å². The molecular weight excluding hydrogens is 206 g/mol. The third-order valence-corrected chi connectivity index (χ3v) is 2.98. The van der Waals surface area contributed by atoms with Crippen molar-refractivity contribution in [2.24, 2.45) is 5.92 Å². The number of ketones is 1. The van der Waals surface area contributed by atoms with Crippen molar-refractivity contribution in [2.45, 2.75) is 26.3 Å². The van der Waals surface area contributed by atoms with Crippen LogP contribution in [-0.2, 0) is 0 Å². The molecule has 0 radical (unpaired) electrons. The van der Waals surface area contributed by atoms with E-state index in [1.54, 1.807) is 37.3 Å². The minimum absolute atomic E-state index is 0.192. The molecule has 86 valence electrons. The maximum absolute atomic E-state index is 12.0. The second-order valence-electron chi connectivity index (χ2n) is 4.36. The maximum atomic E-state index is 12.0. The van der Waals surface area contributed by atoms with Gasteiger partial charge in [0.05, 0.1) is 5.92 Å². The molecule has 1 rings (SSSR count). The molecule has 0 heterocycles. The van der Waals surface area contributed by atoms with Crippen LogP contribution in [0.2, 0.25) is 0 Å². The van der Waals surface area contributed by atoms with Crippen molar-refractivity contribution in [1.82, 2.24) is 0 Å². The first-order chi connectivity index (χ1) is 7.37. The average Bonchev–Trinajstić information content (AvgIpc) is 2.28.